The molecule has 1 saturated heterocycles. The molecule has 9 nitrogen and oxygen atoms in total. The van der Waals surface area contributed by atoms with Gasteiger partial charge in [-0.05, 0) is 31.9 Å². The van der Waals surface area contributed by atoms with Gasteiger partial charge in [-0.1, -0.05) is 11.2 Å². The summed E-state index contributed by atoms with van der Waals surface area (Å²) in [5.74, 6) is 1.18. The summed E-state index contributed by atoms with van der Waals surface area (Å²) in [4.78, 5) is 15.4. The fourth-order valence-corrected chi connectivity index (χ4v) is 4.08. The van der Waals surface area contributed by atoms with Crippen LogP contribution in [0.3, 0.4) is 0 Å². The van der Waals surface area contributed by atoms with Gasteiger partial charge in [-0.2, -0.15) is 23.4 Å². The summed E-state index contributed by atoms with van der Waals surface area (Å²) >= 11 is 0. The van der Waals surface area contributed by atoms with Gasteiger partial charge >= 0.3 is 6.18 Å². The number of hydrogen-bond donors (Lipinski definition) is 3. The molecule has 0 amide bonds. The minimum absolute atomic E-state index is 0.0761. The molecule has 0 radical (unpaired) electrons. The van der Waals surface area contributed by atoms with Crippen molar-refractivity contribution in [1.82, 2.24) is 30.4 Å². The molecular formula is C22H19F3N8O. The Morgan fingerprint density at radius 2 is 2.09 bits per heavy atom. The van der Waals surface area contributed by atoms with Gasteiger partial charge in [0.2, 0.25) is 11.8 Å². The van der Waals surface area contributed by atoms with Crippen LogP contribution in [0.15, 0.2) is 35.1 Å². The number of piperidine rings is 1. The monoisotopic (exact) mass is 468 g/mol. The topological polar surface area (TPSA) is 128 Å². The molecule has 4 aromatic rings. The first kappa shape index (κ1) is 21.8. The summed E-state index contributed by atoms with van der Waals surface area (Å²) in [5.41, 5.74) is 0.0709. The summed E-state index contributed by atoms with van der Waals surface area (Å²) in [6.07, 6.45) is -0.953. The lowest BCUT2D eigenvalue weighted by Crippen LogP contribution is -2.41. The molecule has 0 aliphatic carbocycles. The third kappa shape index (κ3) is 4.17. The summed E-state index contributed by atoms with van der Waals surface area (Å²) in [7, 11) is 0. The van der Waals surface area contributed by atoms with E-state index in [9.17, 15) is 13.2 Å². The third-order valence-electron chi connectivity index (χ3n) is 5.75. The fraction of sp³-hybridized carbons (Fsp3) is 0.318. The fourth-order valence-electron chi connectivity index (χ4n) is 4.08. The number of aromatic nitrogens is 5. The standard InChI is InChI=1S/C22H19F3N8O/c1-11-30-20(34-33-11)17-5-3-13(8-27-17)31-21-29-10-16(22(23,24)25)19(32-21)15-9-28-18-6-12(7-26)2-4-14(15)18/h2,4,6,9-10,13,17,27-28H,3,5,8H2,1H3,(H,29,31,32)/t13-,17+/m0/s1. The zero-order valence-electron chi connectivity index (χ0n) is 17.9. The second-order valence-corrected chi connectivity index (χ2v) is 8.09. The third-order valence-corrected chi connectivity index (χ3v) is 5.75. The Balaban J connectivity index is 1.41. The van der Waals surface area contributed by atoms with Gasteiger partial charge in [0.15, 0.2) is 5.82 Å². The molecule has 34 heavy (non-hydrogen) atoms. The lowest BCUT2D eigenvalue weighted by Gasteiger charge is -2.28. The number of fused-ring (bicyclic) bond motifs is 1. The second kappa shape index (κ2) is 8.42. The number of rotatable bonds is 4. The highest BCUT2D eigenvalue weighted by Crippen LogP contribution is 2.39. The van der Waals surface area contributed by atoms with E-state index < -0.39 is 11.7 Å². The molecule has 174 valence electrons. The predicted octanol–water partition coefficient (Wildman–Crippen LogP) is 4.11. The maximum atomic E-state index is 13.8. The molecule has 3 N–H and O–H groups in total. The molecule has 1 aromatic carbocycles. The number of aromatic amines is 1. The van der Waals surface area contributed by atoms with E-state index in [0.29, 0.717) is 47.6 Å². The van der Waals surface area contributed by atoms with Gasteiger partial charge in [0.25, 0.3) is 0 Å². The number of anilines is 1. The number of hydrogen-bond acceptors (Lipinski definition) is 8. The minimum Gasteiger partial charge on any atom is -0.360 e. The Labute approximate surface area is 191 Å². The number of alkyl halides is 3. The van der Waals surface area contributed by atoms with Crippen molar-refractivity contribution in [1.29, 1.82) is 5.26 Å². The molecule has 1 aliphatic heterocycles. The van der Waals surface area contributed by atoms with E-state index in [2.05, 4.69) is 35.7 Å². The first-order valence-corrected chi connectivity index (χ1v) is 10.6. The highest BCUT2D eigenvalue weighted by Gasteiger charge is 2.36. The number of nitriles is 1. The zero-order chi connectivity index (χ0) is 23.9. The average Bonchev–Trinajstić information content (AvgIpc) is 3.44. The van der Waals surface area contributed by atoms with Crippen LogP contribution in [0.1, 0.15) is 41.7 Å². The molecule has 1 fully saturated rings. The van der Waals surface area contributed by atoms with E-state index in [4.69, 9.17) is 9.78 Å². The first-order valence-electron chi connectivity index (χ1n) is 10.6. The van der Waals surface area contributed by atoms with Gasteiger partial charge in [-0.25, -0.2) is 9.97 Å². The quantitative estimate of drug-likeness (QED) is 0.408. The summed E-state index contributed by atoms with van der Waals surface area (Å²) in [6, 6.07) is 6.60. The van der Waals surface area contributed by atoms with Gasteiger partial charge in [0.1, 0.15) is 5.56 Å². The number of halogens is 3. The van der Waals surface area contributed by atoms with E-state index >= 15 is 0 Å². The molecule has 4 heterocycles. The van der Waals surface area contributed by atoms with Crippen LogP contribution >= 0.6 is 0 Å². The van der Waals surface area contributed by atoms with Crippen LogP contribution in [0.5, 0.6) is 0 Å². The molecule has 1 aliphatic rings. The van der Waals surface area contributed by atoms with Crippen LogP contribution in [-0.2, 0) is 6.18 Å². The largest absolute Gasteiger partial charge is 0.419 e. The normalized spacial score (nSPS) is 18.7. The number of nitrogens with zero attached hydrogens (tertiary/aromatic N) is 5. The number of benzene rings is 1. The lowest BCUT2D eigenvalue weighted by molar-refractivity contribution is -0.137. The Bertz CT molecular complexity index is 1380. The zero-order valence-corrected chi connectivity index (χ0v) is 17.9. The first-order chi connectivity index (χ1) is 16.3. The Morgan fingerprint density at radius 3 is 2.76 bits per heavy atom. The van der Waals surface area contributed by atoms with E-state index in [-0.39, 0.29) is 29.3 Å². The number of H-pyrrole nitrogens is 1. The van der Waals surface area contributed by atoms with Gasteiger partial charge < -0.3 is 20.1 Å². The molecule has 0 spiro atoms. The molecule has 0 unspecified atom stereocenters. The smallest absolute Gasteiger partial charge is 0.360 e. The molecular weight excluding hydrogens is 449 g/mol. The summed E-state index contributed by atoms with van der Waals surface area (Å²) in [6.45, 7) is 2.27. The number of nitrogens with one attached hydrogen (secondary N) is 3. The maximum Gasteiger partial charge on any atom is 0.419 e. The van der Waals surface area contributed by atoms with Crippen molar-refractivity contribution < 1.29 is 17.7 Å². The van der Waals surface area contributed by atoms with Crippen LogP contribution in [0, 0.1) is 18.3 Å². The van der Waals surface area contributed by atoms with E-state index in [1.807, 2.05) is 6.07 Å². The van der Waals surface area contributed by atoms with Gasteiger partial charge in [0, 0.05) is 41.4 Å². The maximum absolute atomic E-state index is 13.8. The predicted molar refractivity (Wildman–Crippen MR) is 115 cm³/mol. The van der Waals surface area contributed by atoms with Crippen LogP contribution in [0.4, 0.5) is 19.1 Å². The Kier molecular flexibility index (Phi) is 5.41. The van der Waals surface area contributed by atoms with Gasteiger partial charge in [-0.3, -0.25) is 0 Å². The SMILES string of the molecule is Cc1noc([C@H]2CC[C@H](Nc3ncc(C(F)(F)F)c(-c4c[nH]c5cc(C#N)ccc45)n3)CN2)n1. The van der Waals surface area contributed by atoms with Crippen molar-refractivity contribution in [2.24, 2.45) is 0 Å². The van der Waals surface area contributed by atoms with Crippen molar-refractivity contribution in [3.05, 3.63) is 53.4 Å². The lowest BCUT2D eigenvalue weighted by atomic mass is 10.0. The molecule has 0 bridgehead atoms. The van der Waals surface area contributed by atoms with Crippen molar-refractivity contribution in [2.75, 3.05) is 11.9 Å². The van der Waals surface area contributed by atoms with Crippen molar-refractivity contribution in [2.45, 2.75) is 38.0 Å². The molecule has 2 atom stereocenters. The van der Waals surface area contributed by atoms with Gasteiger partial charge in [0.05, 0.1) is 23.4 Å². The Hall–Kier alpha value is -3.98. The Morgan fingerprint density at radius 1 is 1.24 bits per heavy atom. The molecule has 0 saturated carbocycles. The molecule has 12 heteroatoms. The summed E-state index contributed by atoms with van der Waals surface area (Å²) < 4.78 is 46.5. The van der Waals surface area contributed by atoms with Crippen LogP contribution in [0.25, 0.3) is 22.2 Å². The van der Waals surface area contributed by atoms with Crippen LogP contribution in [-0.4, -0.2) is 37.7 Å². The van der Waals surface area contributed by atoms with E-state index in [0.717, 1.165) is 6.20 Å². The molecule has 5 rings (SSSR count). The van der Waals surface area contributed by atoms with E-state index in [1.54, 1.807) is 25.1 Å². The van der Waals surface area contributed by atoms with Gasteiger partial charge in [-0.15, -0.1) is 0 Å². The summed E-state index contributed by atoms with van der Waals surface area (Å²) in [5, 5.41) is 19.9. The van der Waals surface area contributed by atoms with Crippen molar-refractivity contribution in [3.63, 3.8) is 0 Å². The van der Waals surface area contributed by atoms with Crippen LogP contribution < -0.4 is 10.6 Å². The highest BCUT2D eigenvalue weighted by atomic mass is 19.4. The number of aryl methyl sites for hydroxylation is 1. The minimum atomic E-state index is -4.63. The average molecular weight is 468 g/mol. The van der Waals surface area contributed by atoms with Crippen molar-refractivity contribution >= 4 is 16.9 Å². The molecule has 3 aromatic heterocycles. The van der Waals surface area contributed by atoms with Crippen molar-refractivity contribution in [3.8, 4) is 17.3 Å². The second-order valence-electron chi connectivity index (χ2n) is 8.09. The van der Waals surface area contributed by atoms with E-state index in [1.165, 1.54) is 6.20 Å². The highest BCUT2D eigenvalue weighted by molar-refractivity contribution is 5.96. The van der Waals surface area contributed by atoms with Crippen LogP contribution in [0.2, 0.25) is 0 Å².